The van der Waals surface area contributed by atoms with Crippen molar-refractivity contribution in [3.63, 3.8) is 0 Å². The average molecular weight is 385 g/mol. The number of anilines is 1. The van der Waals surface area contributed by atoms with E-state index in [-0.39, 0.29) is 18.2 Å². The van der Waals surface area contributed by atoms with Gasteiger partial charge in [0.05, 0.1) is 12.1 Å². The number of hydrogen-bond acceptors (Lipinski definition) is 3. The molecule has 27 heavy (non-hydrogen) atoms. The van der Waals surface area contributed by atoms with Crippen molar-refractivity contribution in [1.82, 2.24) is 4.90 Å². The van der Waals surface area contributed by atoms with Crippen LogP contribution >= 0.6 is 11.6 Å². The molecule has 0 radical (unpaired) electrons. The lowest BCUT2D eigenvalue weighted by atomic mass is 10.1. The fraction of sp³-hybridized carbons (Fsp3) is 0.238. The third kappa shape index (κ3) is 4.49. The Morgan fingerprint density at radius 1 is 1.33 bits per heavy atom. The van der Waals surface area contributed by atoms with Crippen molar-refractivity contribution in [1.29, 1.82) is 0 Å². The number of carbonyl (C=O) groups is 2. The molecule has 0 bridgehead atoms. The van der Waals surface area contributed by atoms with Gasteiger partial charge >= 0.3 is 0 Å². The van der Waals surface area contributed by atoms with Crippen LogP contribution < -0.4 is 10.1 Å². The zero-order valence-corrected chi connectivity index (χ0v) is 15.8. The summed E-state index contributed by atoms with van der Waals surface area (Å²) in [6, 6.07) is 12.9. The van der Waals surface area contributed by atoms with Gasteiger partial charge in [0.2, 0.25) is 5.91 Å². The molecular weight excluding hydrogens is 364 g/mol. The van der Waals surface area contributed by atoms with Gasteiger partial charge in [0, 0.05) is 18.1 Å². The number of halogens is 1. The van der Waals surface area contributed by atoms with Gasteiger partial charge < -0.3 is 15.0 Å². The van der Waals surface area contributed by atoms with Crippen LogP contribution in [-0.4, -0.2) is 29.4 Å². The van der Waals surface area contributed by atoms with Gasteiger partial charge in [0.25, 0.3) is 5.91 Å². The van der Waals surface area contributed by atoms with E-state index in [0.29, 0.717) is 29.5 Å². The summed E-state index contributed by atoms with van der Waals surface area (Å²) in [6.45, 7) is 6.34. The number of ether oxygens (including phenoxy) is 1. The molecule has 1 aliphatic heterocycles. The summed E-state index contributed by atoms with van der Waals surface area (Å²) in [5.41, 5.74) is 2.48. The quantitative estimate of drug-likeness (QED) is 0.767. The van der Waals surface area contributed by atoms with Gasteiger partial charge in [-0.15, -0.1) is 6.58 Å². The van der Waals surface area contributed by atoms with Crippen molar-refractivity contribution >= 4 is 29.1 Å². The van der Waals surface area contributed by atoms with Crippen molar-refractivity contribution < 1.29 is 14.3 Å². The average Bonchev–Trinajstić information content (AvgIpc) is 2.64. The number of benzene rings is 2. The molecule has 1 atom stereocenters. The number of nitrogens with zero attached hydrogens (tertiary/aromatic N) is 1. The zero-order valence-electron chi connectivity index (χ0n) is 15.1. The normalized spacial score (nSPS) is 15.3. The van der Waals surface area contributed by atoms with Crippen molar-refractivity contribution in [2.45, 2.75) is 26.0 Å². The fourth-order valence-corrected chi connectivity index (χ4v) is 3.12. The summed E-state index contributed by atoms with van der Waals surface area (Å²) in [5, 5.41) is 3.40. The molecule has 0 saturated heterocycles. The third-order valence-electron chi connectivity index (χ3n) is 4.34. The van der Waals surface area contributed by atoms with E-state index in [4.69, 9.17) is 16.3 Å². The molecule has 5 nitrogen and oxygen atoms in total. The molecule has 0 saturated carbocycles. The highest BCUT2D eigenvalue weighted by Gasteiger charge is 2.31. The molecule has 0 aromatic heterocycles. The Hall–Kier alpha value is -2.79. The van der Waals surface area contributed by atoms with Crippen LogP contribution in [0.3, 0.4) is 0 Å². The fourth-order valence-electron chi connectivity index (χ4n) is 2.93. The van der Waals surface area contributed by atoms with Gasteiger partial charge in [-0.05, 0) is 36.2 Å². The van der Waals surface area contributed by atoms with Crippen molar-refractivity contribution in [3.05, 3.63) is 71.3 Å². The number of amides is 2. The van der Waals surface area contributed by atoms with Crippen LogP contribution in [0.5, 0.6) is 5.75 Å². The van der Waals surface area contributed by atoms with Gasteiger partial charge in [-0.2, -0.15) is 0 Å². The van der Waals surface area contributed by atoms with E-state index in [9.17, 15) is 9.59 Å². The summed E-state index contributed by atoms with van der Waals surface area (Å²) in [7, 11) is 0. The molecule has 2 aromatic rings. The second-order valence-corrected chi connectivity index (χ2v) is 6.86. The second kappa shape index (κ2) is 8.27. The van der Waals surface area contributed by atoms with E-state index >= 15 is 0 Å². The van der Waals surface area contributed by atoms with Crippen molar-refractivity contribution in [2.24, 2.45) is 0 Å². The van der Waals surface area contributed by atoms with Crippen molar-refractivity contribution in [2.75, 3.05) is 11.9 Å². The lowest BCUT2D eigenvalue weighted by Gasteiger charge is -2.28. The Bertz CT molecular complexity index is 881. The topological polar surface area (TPSA) is 58.6 Å². The van der Waals surface area contributed by atoms with Crippen LogP contribution in [0, 0.1) is 6.92 Å². The molecular formula is C21H21ClN2O3. The first-order chi connectivity index (χ1) is 13.0. The predicted octanol–water partition coefficient (Wildman–Crippen LogP) is 3.95. The summed E-state index contributed by atoms with van der Waals surface area (Å²) in [4.78, 5) is 26.8. The minimum absolute atomic E-state index is 0.0581. The van der Waals surface area contributed by atoms with Crippen LogP contribution in [0.1, 0.15) is 17.5 Å². The van der Waals surface area contributed by atoms with E-state index < -0.39 is 6.10 Å². The number of nitrogens with one attached hydrogen (secondary N) is 1. The predicted molar refractivity (Wildman–Crippen MR) is 106 cm³/mol. The van der Waals surface area contributed by atoms with E-state index in [1.165, 1.54) is 0 Å². The first kappa shape index (κ1) is 19.0. The molecule has 140 valence electrons. The number of carbonyl (C=O) groups excluding carboxylic acids is 2. The molecule has 2 amide bonds. The Kier molecular flexibility index (Phi) is 5.81. The maximum atomic E-state index is 12.8. The second-order valence-electron chi connectivity index (χ2n) is 6.45. The Labute approximate surface area is 163 Å². The molecule has 1 heterocycles. The Morgan fingerprint density at radius 2 is 2.11 bits per heavy atom. The molecule has 1 unspecified atom stereocenters. The lowest BCUT2D eigenvalue weighted by molar-refractivity contribution is -0.137. The molecule has 0 fully saturated rings. The molecule has 1 aliphatic rings. The van der Waals surface area contributed by atoms with Crippen LogP contribution in [0.4, 0.5) is 5.69 Å². The Balaban J connectivity index is 1.72. The van der Waals surface area contributed by atoms with Gasteiger partial charge in [-0.1, -0.05) is 41.9 Å². The summed E-state index contributed by atoms with van der Waals surface area (Å²) < 4.78 is 5.76. The van der Waals surface area contributed by atoms with Gasteiger partial charge in [-0.25, -0.2) is 0 Å². The molecule has 1 N–H and O–H groups in total. The largest absolute Gasteiger partial charge is 0.478 e. The van der Waals surface area contributed by atoms with Crippen LogP contribution in [-0.2, 0) is 16.1 Å². The number of hydrogen-bond donors (Lipinski definition) is 1. The monoisotopic (exact) mass is 384 g/mol. The maximum absolute atomic E-state index is 12.8. The van der Waals surface area contributed by atoms with Gasteiger partial charge in [0.1, 0.15) is 5.75 Å². The molecule has 2 aromatic carbocycles. The number of fused-ring (bicyclic) bond motifs is 1. The zero-order chi connectivity index (χ0) is 19.4. The minimum atomic E-state index is -0.869. The van der Waals surface area contributed by atoms with E-state index in [2.05, 4.69) is 11.9 Å². The van der Waals surface area contributed by atoms with Crippen LogP contribution in [0.25, 0.3) is 0 Å². The SMILES string of the molecule is C=CCN(Cc1ccccc1Cl)C(=O)CC1Oc2ccc(C)cc2NC1=O. The molecule has 6 heteroatoms. The molecule has 3 rings (SSSR count). The first-order valence-corrected chi connectivity index (χ1v) is 9.06. The highest BCUT2D eigenvalue weighted by atomic mass is 35.5. The smallest absolute Gasteiger partial charge is 0.266 e. The maximum Gasteiger partial charge on any atom is 0.266 e. The number of aryl methyl sites for hydroxylation is 1. The van der Waals surface area contributed by atoms with Crippen LogP contribution in [0.15, 0.2) is 55.1 Å². The van der Waals surface area contributed by atoms with Crippen molar-refractivity contribution in [3.8, 4) is 5.75 Å². The van der Waals surface area contributed by atoms with Crippen LogP contribution in [0.2, 0.25) is 5.02 Å². The van der Waals surface area contributed by atoms with Gasteiger partial charge in [-0.3, -0.25) is 9.59 Å². The van der Waals surface area contributed by atoms with E-state index in [1.807, 2.05) is 37.3 Å². The third-order valence-corrected chi connectivity index (χ3v) is 4.70. The minimum Gasteiger partial charge on any atom is -0.478 e. The summed E-state index contributed by atoms with van der Waals surface area (Å²) in [5.74, 6) is 0.0441. The molecule has 0 aliphatic carbocycles. The lowest BCUT2D eigenvalue weighted by Crippen LogP contribution is -2.42. The first-order valence-electron chi connectivity index (χ1n) is 8.68. The van der Waals surface area contributed by atoms with Gasteiger partial charge in [0.15, 0.2) is 6.10 Å². The highest BCUT2D eigenvalue weighted by molar-refractivity contribution is 6.31. The summed E-state index contributed by atoms with van der Waals surface area (Å²) >= 11 is 6.20. The summed E-state index contributed by atoms with van der Waals surface area (Å²) in [6.07, 6.45) is 0.720. The standard InChI is InChI=1S/C21H21ClN2O3/c1-3-10-24(13-15-6-4-5-7-16(15)22)20(25)12-19-21(26)23-17-11-14(2)8-9-18(17)27-19/h3-9,11,19H,1,10,12-13H2,2H3,(H,23,26). The number of rotatable bonds is 6. The van der Waals surface area contributed by atoms with E-state index in [0.717, 1.165) is 11.1 Å². The van der Waals surface area contributed by atoms with E-state index in [1.54, 1.807) is 23.1 Å². The molecule has 0 spiro atoms. The Morgan fingerprint density at radius 3 is 2.85 bits per heavy atom. The highest BCUT2D eigenvalue weighted by Crippen LogP contribution is 2.31.